The Hall–Kier alpha value is -1.32. The molecule has 328 valence electrons. The van der Waals surface area contributed by atoms with Gasteiger partial charge in [0.1, 0.15) is 11.5 Å². The third kappa shape index (κ3) is 24.5. The molecule has 0 amide bonds. The summed E-state index contributed by atoms with van der Waals surface area (Å²) >= 11 is 0. The predicted molar refractivity (Wildman–Crippen MR) is 244 cm³/mol. The number of rotatable bonds is 38. The third-order valence-electron chi connectivity index (χ3n) is 11.6. The Balaban J connectivity index is 2.50. The molecule has 0 bridgehead atoms. The molecule has 0 spiro atoms. The Labute approximate surface area is 352 Å². The van der Waals surface area contributed by atoms with Crippen molar-refractivity contribution in [2.24, 2.45) is 0 Å². The van der Waals surface area contributed by atoms with Crippen LogP contribution in [0.3, 0.4) is 0 Å². The molecular weight excluding hydrogens is 752 g/mol. The van der Waals surface area contributed by atoms with E-state index in [2.05, 4.69) is 52.0 Å². The summed E-state index contributed by atoms with van der Waals surface area (Å²) in [6.45, 7) is 8.97. The van der Waals surface area contributed by atoms with Gasteiger partial charge >= 0.3 is 17.4 Å². The van der Waals surface area contributed by atoms with Crippen LogP contribution in [0.25, 0.3) is 0 Å². The van der Waals surface area contributed by atoms with Crippen LogP contribution >= 0.6 is 17.4 Å². The van der Waals surface area contributed by atoms with Crippen LogP contribution in [-0.2, 0) is 32.1 Å². The molecule has 0 radical (unpaired) electrons. The van der Waals surface area contributed by atoms with Gasteiger partial charge in [0.25, 0.3) is 0 Å². The van der Waals surface area contributed by atoms with E-state index in [1.807, 2.05) is 0 Å². The van der Waals surface area contributed by atoms with Crippen LogP contribution in [0.2, 0.25) is 0 Å². The minimum absolute atomic E-state index is 0.348. The average Bonchev–Trinajstić information content (AvgIpc) is 3.18. The summed E-state index contributed by atoms with van der Waals surface area (Å²) in [6, 6.07) is 8.61. The smallest absolute Gasteiger partial charge is 0.423 e. The highest BCUT2D eigenvalue weighted by molar-refractivity contribution is 7.40. The molecule has 0 fully saturated rings. The summed E-state index contributed by atoms with van der Waals surface area (Å²) in [5.41, 5.74) is 5.88. The first-order valence-corrected chi connectivity index (χ1v) is 26.0. The van der Waals surface area contributed by atoms with Crippen LogP contribution in [0.15, 0.2) is 24.3 Å². The molecule has 8 heteroatoms. The fourth-order valence-electron chi connectivity index (χ4n) is 8.28. The summed E-state index contributed by atoms with van der Waals surface area (Å²) in [5, 5.41) is 0. The van der Waals surface area contributed by atoms with Crippen LogP contribution in [0.4, 0.5) is 8.39 Å². The Bertz CT molecular complexity index is 1180. The van der Waals surface area contributed by atoms with Crippen LogP contribution in [0.1, 0.15) is 241 Å². The molecule has 57 heavy (non-hydrogen) atoms. The zero-order valence-corrected chi connectivity index (χ0v) is 38.8. The molecule has 0 aliphatic rings. The van der Waals surface area contributed by atoms with E-state index in [1.165, 1.54) is 152 Å². The molecule has 2 rings (SSSR count). The molecule has 0 aromatic heterocycles. The molecule has 2 unspecified atom stereocenters. The maximum Gasteiger partial charge on any atom is 0.436 e. The number of aryl methyl sites for hydroxylation is 4. The van der Waals surface area contributed by atoms with Crippen molar-refractivity contribution >= 4 is 17.4 Å². The topological polar surface area (TPSA) is 58.9 Å². The van der Waals surface area contributed by atoms with Crippen molar-refractivity contribution < 1.29 is 27.2 Å². The number of halogens is 2. The van der Waals surface area contributed by atoms with E-state index in [0.29, 0.717) is 17.9 Å². The van der Waals surface area contributed by atoms with E-state index in [1.54, 1.807) is 0 Å². The maximum atomic E-state index is 14.5. The first-order valence-electron chi connectivity index (χ1n) is 23.8. The second-order valence-corrected chi connectivity index (χ2v) is 18.1. The lowest BCUT2D eigenvalue weighted by atomic mass is 9.90. The fraction of sp³-hybridized carbons (Fsp3) is 0.755. The van der Waals surface area contributed by atoms with Crippen LogP contribution in [0.5, 0.6) is 11.5 Å². The summed E-state index contributed by atoms with van der Waals surface area (Å²) in [4.78, 5) is 20.1. The van der Waals surface area contributed by atoms with E-state index in [9.17, 15) is 18.2 Å². The molecule has 2 N–H and O–H groups in total. The predicted octanol–water partition coefficient (Wildman–Crippen LogP) is 17.6. The largest absolute Gasteiger partial charge is 0.436 e. The first kappa shape index (κ1) is 51.8. The normalized spacial score (nSPS) is 12.6. The lowest BCUT2D eigenvalue weighted by Crippen LogP contribution is -2.05. The van der Waals surface area contributed by atoms with Crippen LogP contribution in [-0.4, -0.2) is 9.79 Å². The lowest BCUT2D eigenvalue weighted by Gasteiger charge is -2.21. The molecular formula is C49H84F2O4P2. The van der Waals surface area contributed by atoms with E-state index in [4.69, 9.17) is 9.05 Å². The summed E-state index contributed by atoms with van der Waals surface area (Å²) < 4.78 is 40.5. The third-order valence-corrected chi connectivity index (χ3v) is 12.2. The van der Waals surface area contributed by atoms with Crippen molar-refractivity contribution in [3.05, 3.63) is 57.6 Å². The number of hydrogen-bond acceptors (Lipinski definition) is 4. The zero-order valence-electron chi connectivity index (χ0n) is 37.0. The van der Waals surface area contributed by atoms with Crippen molar-refractivity contribution in [3.8, 4) is 11.5 Å². The zero-order chi connectivity index (χ0) is 41.4. The molecule has 4 nitrogen and oxygen atoms in total. The van der Waals surface area contributed by atoms with Crippen molar-refractivity contribution in [3.63, 3.8) is 0 Å². The van der Waals surface area contributed by atoms with Crippen LogP contribution in [0, 0.1) is 0 Å². The quantitative estimate of drug-likeness (QED) is 0.0522. The van der Waals surface area contributed by atoms with Crippen LogP contribution < -0.4 is 9.05 Å². The Morgan fingerprint density at radius 3 is 0.895 bits per heavy atom. The minimum atomic E-state index is -3.14. The molecule has 2 aromatic carbocycles. The van der Waals surface area contributed by atoms with Gasteiger partial charge in [-0.3, -0.25) is 0 Å². The fourth-order valence-corrected chi connectivity index (χ4v) is 9.05. The highest BCUT2D eigenvalue weighted by atomic mass is 31.2. The first-order chi connectivity index (χ1) is 27.8. The summed E-state index contributed by atoms with van der Waals surface area (Å²) in [6.07, 6.45) is 37.4. The van der Waals surface area contributed by atoms with Gasteiger partial charge in [0, 0.05) is 6.42 Å². The van der Waals surface area contributed by atoms with Gasteiger partial charge in [-0.15, -0.1) is 8.39 Å². The summed E-state index contributed by atoms with van der Waals surface area (Å²) in [7, 11) is -6.27. The number of unbranched alkanes of at least 4 members (excludes halogenated alkanes) is 24. The lowest BCUT2D eigenvalue weighted by molar-refractivity contribution is 0.426. The molecule has 0 aliphatic carbocycles. The van der Waals surface area contributed by atoms with Gasteiger partial charge in [0.05, 0.1) is 0 Å². The Kier molecular flexibility index (Phi) is 31.3. The maximum absolute atomic E-state index is 14.5. The highest BCUT2D eigenvalue weighted by Gasteiger charge is 2.22. The summed E-state index contributed by atoms with van der Waals surface area (Å²) in [5.74, 6) is 0.841. The second-order valence-electron chi connectivity index (χ2n) is 16.8. The number of hydrogen-bond donors (Lipinski definition) is 2. The minimum Gasteiger partial charge on any atom is -0.423 e. The van der Waals surface area contributed by atoms with Crippen molar-refractivity contribution in [1.29, 1.82) is 0 Å². The van der Waals surface area contributed by atoms with Gasteiger partial charge in [0.2, 0.25) is 0 Å². The van der Waals surface area contributed by atoms with Crippen molar-refractivity contribution in [2.45, 2.75) is 240 Å². The van der Waals surface area contributed by atoms with Gasteiger partial charge in [0.15, 0.2) is 0 Å². The van der Waals surface area contributed by atoms with Crippen molar-refractivity contribution in [1.82, 2.24) is 0 Å². The Morgan fingerprint density at radius 2 is 0.614 bits per heavy atom. The molecule has 2 aromatic rings. The standard InChI is InChI=1S/C49H84F2O4P2/c1-5-9-13-17-21-25-29-33-42-37-44(35-31-27-23-19-15-11-7-3)48(54-56(50)52)46(39-42)41-47-40-43(34-30-26-22-18-14-10-6-2)38-45(49(47)55-57(51)53)36-32-28-24-20-16-12-8-4/h37-40,52-53H,5-36,41H2,1-4H3. The van der Waals surface area contributed by atoms with E-state index < -0.39 is 17.4 Å². The van der Waals surface area contributed by atoms with Crippen molar-refractivity contribution in [2.75, 3.05) is 0 Å². The van der Waals surface area contributed by atoms with Gasteiger partial charge < -0.3 is 18.8 Å². The van der Waals surface area contributed by atoms with Gasteiger partial charge in [-0.2, -0.15) is 0 Å². The number of benzene rings is 2. The van der Waals surface area contributed by atoms with E-state index >= 15 is 0 Å². The Morgan fingerprint density at radius 1 is 0.368 bits per heavy atom. The molecule has 0 saturated heterocycles. The van der Waals surface area contributed by atoms with E-state index in [0.717, 1.165) is 86.5 Å². The monoisotopic (exact) mass is 837 g/mol. The highest BCUT2D eigenvalue weighted by Crippen LogP contribution is 2.44. The molecule has 0 saturated carbocycles. The molecule has 2 atom stereocenters. The SMILES string of the molecule is CCCCCCCCCc1cc(CCCCCCCCC)c(OP(O)F)c(Cc2cc(CCCCCCCCC)cc(CCCCCCCCC)c2OP(O)F)c1. The van der Waals surface area contributed by atoms with E-state index in [-0.39, 0.29) is 0 Å². The second kappa shape index (κ2) is 34.4. The molecule has 0 aliphatic heterocycles. The van der Waals surface area contributed by atoms with Gasteiger partial charge in [-0.25, -0.2) is 0 Å². The average molecular weight is 837 g/mol. The van der Waals surface area contributed by atoms with Gasteiger partial charge in [-0.1, -0.05) is 206 Å². The van der Waals surface area contributed by atoms with Gasteiger partial charge in [-0.05, 0) is 84.7 Å². The molecule has 0 heterocycles.